The Kier molecular flexibility index (Phi) is 3.79. The monoisotopic (exact) mass is 302 g/mol. The normalized spacial score (nSPS) is 16.0. The standard InChI is InChI=1S/C15H18N4O3/c1-10-3-4-13(14(9-10)19(20)21)18-7-5-12(6-8-18)15-16-11(2)17-22-15/h3-4,9,12H,5-8H2,1-2H3. The third kappa shape index (κ3) is 2.79. The summed E-state index contributed by atoms with van der Waals surface area (Å²) in [6, 6.07) is 5.38. The summed E-state index contributed by atoms with van der Waals surface area (Å²) in [6.07, 6.45) is 1.71. The summed E-state index contributed by atoms with van der Waals surface area (Å²) in [5.74, 6) is 1.56. The van der Waals surface area contributed by atoms with Gasteiger partial charge in [-0.25, -0.2) is 0 Å². The highest BCUT2D eigenvalue weighted by Crippen LogP contribution is 2.34. The van der Waals surface area contributed by atoms with Crippen molar-refractivity contribution in [2.75, 3.05) is 18.0 Å². The first-order chi connectivity index (χ1) is 10.5. The summed E-state index contributed by atoms with van der Waals surface area (Å²) in [4.78, 5) is 17.3. The number of benzene rings is 1. The number of nitrogens with zero attached hydrogens (tertiary/aromatic N) is 4. The van der Waals surface area contributed by atoms with Gasteiger partial charge in [-0.1, -0.05) is 11.2 Å². The summed E-state index contributed by atoms with van der Waals surface area (Å²) < 4.78 is 5.23. The lowest BCUT2D eigenvalue weighted by Gasteiger charge is -2.31. The van der Waals surface area contributed by atoms with Gasteiger partial charge in [0, 0.05) is 25.1 Å². The molecule has 0 amide bonds. The van der Waals surface area contributed by atoms with Crippen LogP contribution in [0.2, 0.25) is 0 Å². The number of nitro benzene ring substituents is 1. The largest absolute Gasteiger partial charge is 0.366 e. The highest BCUT2D eigenvalue weighted by molar-refractivity contribution is 5.64. The summed E-state index contributed by atoms with van der Waals surface area (Å²) >= 11 is 0. The summed E-state index contributed by atoms with van der Waals surface area (Å²) in [7, 11) is 0. The maximum atomic E-state index is 11.3. The Morgan fingerprint density at radius 1 is 1.32 bits per heavy atom. The van der Waals surface area contributed by atoms with Gasteiger partial charge in [0.05, 0.1) is 4.92 Å². The van der Waals surface area contributed by atoms with Crippen LogP contribution in [-0.2, 0) is 0 Å². The SMILES string of the molecule is Cc1ccc(N2CCC(c3nc(C)no3)CC2)c([N+](=O)[O-])c1. The molecule has 7 heteroatoms. The summed E-state index contributed by atoms with van der Waals surface area (Å²) in [5, 5.41) is 15.1. The minimum absolute atomic E-state index is 0.173. The average Bonchev–Trinajstić information content (AvgIpc) is 2.94. The van der Waals surface area contributed by atoms with E-state index in [4.69, 9.17) is 4.52 Å². The van der Waals surface area contributed by atoms with Crippen LogP contribution >= 0.6 is 0 Å². The molecule has 0 radical (unpaired) electrons. The van der Waals surface area contributed by atoms with Crippen LogP contribution in [0.1, 0.15) is 36.0 Å². The van der Waals surface area contributed by atoms with Crippen molar-refractivity contribution in [1.82, 2.24) is 10.1 Å². The molecule has 0 unspecified atom stereocenters. The van der Waals surface area contributed by atoms with E-state index in [1.807, 2.05) is 19.1 Å². The first-order valence-corrected chi connectivity index (χ1v) is 7.35. The molecular formula is C15H18N4O3. The van der Waals surface area contributed by atoms with E-state index >= 15 is 0 Å². The molecule has 0 N–H and O–H groups in total. The molecule has 1 fully saturated rings. The molecule has 1 saturated heterocycles. The smallest absolute Gasteiger partial charge is 0.292 e. The van der Waals surface area contributed by atoms with Crippen molar-refractivity contribution in [3.63, 3.8) is 0 Å². The van der Waals surface area contributed by atoms with Gasteiger partial charge < -0.3 is 9.42 Å². The van der Waals surface area contributed by atoms with Gasteiger partial charge in [-0.05, 0) is 38.3 Å². The zero-order chi connectivity index (χ0) is 15.7. The molecule has 2 heterocycles. The van der Waals surface area contributed by atoms with Gasteiger partial charge in [0.15, 0.2) is 5.82 Å². The van der Waals surface area contributed by atoms with E-state index < -0.39 is 0 Å². The van der Waals surface area contributed by atoms with E-state index in [0.29, 0.717) is 17.4 Å². The molecule has 2 aromatic rings. The van der Waals surface area contributed by atoms with Gasteiger partial charge in [0.25, 0.3) is 5.69 Å². The maximum absolute atomic E-state index is 11.3. The lowest BCUT2D eigenvalue weighted by molar-refractivity contribution is -0.384. The first-order valence-electron chi connectivity index (χ1n) is 7.35. The Morgan fingerprint density at radius 3 is 2.64 bits per heavy atom. The minimum Gasteiger partial charge on any atom is -0.366 e. The Hall–Kier alpha value is -2.44. The summed E-state index contributed by atoms with van der Waals surface area (Å²) in [5.41, 5.74) is 1.76. The van der Waals surface area contributed by atoms with Crippen molar-refractivity contribution in [2.45, 2.75) is 32.6 Å². The fraction of sp³-hybridized carbons (Fsp3) is 0.467. The molecule has 0 aliphatic carbocycles. The lowest BCUT2D eigenvalue weighted by Crippen LogP contribution is -2.33. The zero-order valence-electron chi connectivity index (χ0n) is 12.7. The molecule has 0 saturated carbocycles. The zero-order valence-corrected chi connectivity index (χ0v) is 12.7. The second-order valence-electron chi connectivity index (χ2n) is 5.69. The molecule has 0 spiro atoms. The van der Waals surface area contributed by atoms with Crippen LogP contribution in [0, 0.1) is 24.0 Å². The number of anilines is 1. The Balaban J connectivity index is 1.75. The van der Waals surface area contributed by atoms with E-state index in [2.05, 4.69) is 15.0 Å². The molecule has 3 rings (SSSR count). The van der Waals surface area contributed by atoms with Crippen molar-refractivity contribution in [3.05, 3.63) is 45.6 Å². The van der Waals surface area contributed by atoms with E-state index in [-0.39, 0.29) is 16.5 Å². The van der Waals surface area contributed by atoms with Crippen molar-refractivity contribution in [2.24, 2.45) is 0 Å². The van der Waals surface area contributed by atoms with Crippen LogP contribution < -0.4 is 4.90 Å². The Labute approximate surface area is 128 Å². The number of piperidine rings is 1. The molecule has 116 valence electrons. The topological polar surface area (TPSA) is 85.3 Å². The number of nitro groups is 1. The van der Waals surface area contributed by atoms with Gasteiger partial charge >= 0.3 is 0 Å². The second kappa shape index (κ2) is 5.75. The molecular weight excluding hydrogens is 284 g/mol. The van der Waals surface area contributed by atoms with Gasteiger partial charge in [0.2, 0.25) is 5.89 Å². The number of hydrogen-bond acceptors (Lipinski definition) is 6. The lowest BCUT2D eigenvalue weighted by atomic mass is 9.96. The van der Waals surface area contributed by atoms with E-state index in [0.717, 1.165) is 31.5 Å². The number of hydrogen-bond donors (Lipinski definition) is 0. The van der Waals surface area contributed by atoms with E-state index in [9.17, 15) is 10.1 Å². The van der Waals surface area contributed by atoms with Crippen LogP contribution in [0.25, 0.3) is 0 Å². The van der Waals surface area contributed by atoms with Gasteiger partial charge in [-0.2, -0.15) is 4.98 Å². The number of aryl methyl sites for hydroxylation is 2. The van der Waals surface area contributed by atoms with Gasteiger partial charge in [0.1, 0.15) is 5.69 Å². The molecule has 0 atom stereocenters. The average molecular weight is 302 g/mol. The highest BCUT2D eigenvalue weighted by atomic mass is 16.6. The molecule has 0 bridgehead atoms. The van der Waals surface area contributed by atoms with Crippen molar-refractivity contribution < 1.29 is 9.45 Å². The van der Waals surface area contributed by atoms with Crippen LogP contribution in [0.5, 0.6) is 0 Å². The molecule has 1 aliphatic heterocycles. The minimum atomic E-state index is -0.310. The van der Waals surface area contributed by atoms with Crippen molar-refractivity contribution >= 4 is 11.4 Å². The summed E-state index contributed by atoms with van der Waals surface area (Å²) in [6.45, 7) is 5.16. The van der Waals surface area contributed by atoms with Gasteiger partial charge in [-0.15, -0.1) is 0 Å². The molecule has 1 aromatic carbocycles. The van der Waals surface area contributed by atoms with Crippen LogP contribution in [0.3, 0.4) is 0 Å². The molecule has 22 heavy (non-hydrogen) atoms. The Bertz CT molecular complexity index is 690. The fourth-order valence-electron chi connectivity index (χ4n) is 2.89. The van der Waals surface area contributed by atoms with Crippen molar-refractivity contribution in [1.29, 1.82) is 0 Å². The molecule has 7 nitrogen and oxygen atoms in total. The first kappa shape index (κ1) is 14.5. The second-order valence-corrected chi connectivity index (χ2v) is 5.69. The molecule has 1 aromatic heterocycles. The van der Waals surface area contributed by atoms with E-state index in [1.165, 1.54) is 0 Å². The highest BCUT2D eigenvalue weighted by Gasteiger charge is 2.28. The quantitative estimate of drug-likeness (QED) is 0.640. The van der Waals surface area contributed by atoms with Gasteiger partial charge in [-0.3, -0.25) is 10.1 Å². The van der Waals surface area contributed by atoms with Crippen LogP contribution in [0.4, 0.5) is 11.4 Å². The van der Waals surface area contributed by atoms with Crippen molar-refractivity contribution in [3.8, 4) is 0 Å². The van der Waals surface area contributed by atoms with E-state index in [1.54, 1.807) is 13.0 Å². The third-order valence-electron chi connectivity index (χ3n) is 4.06. The van der Waals surface area contributed by atoms with Crippen LogP contribution in [0.15, 0.2) is 22.7 Å². The fourth-order valence-corrected chi connectivity index (χ4v) is 2.89. The molecule has 1 aliphatic rings. The number of aromatic nitrogens is 2. The Morgan fingerprint density at radius 2 is 2.05 bits per heavy atom. The third-order valence-corrected chi connectivity index (χ3v) is 4.06. The van der Waals surface area contributed by atoms with Crippen LogP contribution in [-0.4, -0.2) is 28.2 Å². The predicted molar refractivity (Wildman–Crippen MR) is 81.1 cm³/mol. The number of rotatable bonds is 3. The predicted octanol–water partition coefficient (Wildman–Crippen LogP) is 2.98. The maximum Gasteiger partial charge on any atom is 0.292 e.